The van der Waals surface area contributed by atoms with Crippen molar-refractivity contribution in [1.29, 1.82) is 0 Å². The van der Waals surface area contributed by atoms with Crippen molar-refractivity contribution in [2.45, 2.75) is 52.2 Å². The van der Waals surface area contributed by atoms with Crippen LogP contribution in [0.2, 0.25) is 0 Å². The van der Waals surface area contributed by atoms with Gasteiger partial charge < -0.3 is 22.8 Å². The summed E-state index contributed by atoms with van der Waals surface area (Å²) in [6.45, 7) is 8.19. The molecule has 0 radical (unpaired) electrons. The van der Waals surface area contributed by atoms with Crippen LogP contribution in [-0.2, 0) is 0 Å². The Morgan fingerprint density at radius 1 is 1.31 bits per heavy atom. The summed E-state index contributed by atoms with van der Waals surface area (Å²) in [6.07, 6.45) is 2.08. The third-order valence-corrected chi connectivity index (χ3v) is 2.19. The Morgan fingerprint density at radius 3 is 2.08 bits per heavy atom. The Kier molecular flexibility index (Phi) is 8.00. The number of hydrogen-bond donors (Lipinski definition) is 2. The number of halogens is 1. The minimum atomic E-state index is -0.507. The lowest BCUT2D eigenvalue weighted by Gasteiger charge is -2.23. The lowest BCUT2D eigenvalue weighted by atomic mass is 9.90. The molecule has 2 unspecified atom stereocenters. The van der Waals surface area contributed by atoms with Crippen LogP contribution >= 0.6 is 0 Å². The zero-order valence-electron chi connectivity index (χ0n) is 9.47. The Balaban J connectivity index is 0. The van der Waals surface area contributed by atoms with Gasteiger partial charge in [0.05, 0.1) is 18.7 Å². The van der Waals surface area contributed by atoms with Gasteiger partial charge in [-0.2, -0.15) is 0 Å². The fourth-order valence-electron chi connectivity index (χ4n) is 1.71. The molecule has 0 aliphatic carbocycles. The van der Waals surface area contributed by atoms with Gasteiger partial charge in [0.2, 0.25) is 0 Å². The molecule has 0 bridgehead atoms. The summed E-state index contributed by atoms with van der Waals surface area (Å²) in [7, 11) is 2.10. The SMILES string of the molecule is C[NH2+]C(C)CC(C)CC(C)(C)O.[Cl-]. The fraction of sp³-hybridized carbons (Fsp3) is 1.00. The monoisotopic (exact) mass is 209 g/mol. The number of rotatable bonds is 5. The van der Waals surface area contributed by atoms with Crippen molar-refractivity contribution in [2.75, 3.05) is 7.05 Å². The standard InChI is InChI=1S/C10H23NO.ClH/c1-8(6-9(2)11-5)7-10(3,4)12;/h8-9,11-12H,6-7H2,1-5H3;1H. The van der Waals surface area contributed by atoms with Crippen molar-refractivity contribution >= 4 is 0 Å². The lowest BCUT2D eigenvalue weighted by Crippen LogP contribution is -3.00. The van der Waals surface area contributed by atoms with Crippen molar-refractivity contribution in [3.8, 4) is 0 Å². The van der Waals surface area contributed by atoms with Crippen LogP contribution in [0.3, 0.4) is 0 Å². The molecular weight excluding hydrogens is 186 g/mol. The Bertz CT molecular complexity index is 123. The highest BCUT2D eigenvalue weighted by molar-refractivity contribution is 4.70. The van der Waals surface area contributed by atoms with Gasteiger partial charge in [-0.1, -0.05) is 6.92 Å². The Morgan fingerprint density at radius 2 is 1.77 bits per heavy atom. The maximum Gasteiger partial charge on any atom is 0.0831 e. The van der Waals surface area contributed by atoms with Crippen molar-refractivity contribution < 1.29 is 22.8 Å². The quantitative estimate of drug-likeness (QED) is 0.528. The first-order valence-corrected chi connectivity index (χ1v) is 4.87. The minimum absolute atomic E-state index is 0. The average Bonchev–Trinajstić information content (AvgIpc) is 1.82. The third kappa shape index (κ3) is 10.1. The molecule has 0 saturated carbocycles. The molecule has 0 heterocycles. The summed E-state index contributed by atoms with van der Waals surface area (Å²) in [5, 5.41) is 11.8. The first-order valence-electron chi connectivity index (χ1n) is 4.87. The molecule has 0 aliphatic heterocycles. The first kappa shape index (κ1) is 15.7. The second-order valence-corrected chi connectivity index (χ2v) is 4.67. The van der Waals surface area contributed by atoms with Crippen LogP contribution in [0.25, 0.3) is 0 Å². The van der Waals surface area contributed by atoms with Gasteiger partial charge in [-0.05, 0) is 33.1 Å². The molecule has 3 N–H and O–H groups in total. The van der Waals surface area contributed by atoms with Crippen LogP contribution in [0.5, 0.6) is 0 Å². The predicted octanol–water partition coefficient (Wildman–Crippen LogP) is -2.24. The molecule has 0 amide bonds. The van der Waals surface area contributed by atoms with Crippen LogP contribution in [0.15, 0.2) is 0 Å². The van der Waals surface area contributed by atoms with E-state index in [4.69, 9.17) is 0 Å². The molecule has 82 valence electrons. The van der Waals surface area contributed by atoms with E-state index < -0.39 is 5.60 Å². The normalized spacial score (nSPS) is 16.2. The van der Waals surface area contributed by atoms with Gasteiger partial charge in [0.1, 0.15) is 0 Å². The van der Waals surface area contributed by atoms with E-state index in [1.54, 1.807) is 0 Å². The van der Waals surface area contributed by atoms with Gasteiger partial charge in [0, 0.05) is 6.42 Å². The van der Waals surface area contributed by atoms with Crippen LogP contribution in [0.1, 0.15) is 40.5 Å². The van der Waals surface area contributed by atoms with E-state index in [0.29, 0.717) is 12.0 Å². The molecule has 0 aromatic rings. The van der Waals surface area contributed by atoms with Crippen molar-refractivity contribution in [3.63, 3.8) is 0 Å². The van der Waals surface area contributed by atoms with Crippen LogP contribution < -0.4 is 17.7 Å². The second-order valence-electron chi connectivity index (χ2n) is 4.67. The molecule has 0 aromatic heterocycles. The summed E-state index contributed by atoms with van der Waals surface area (Å²) < 4.78 is 0. The summed E-state index contributed by atoms with van der Waals surface area (Å²) in [4.78, 5) is 0. The smallest absolute Gasteiger partial charge is 0.0831 e. The van der Waals surface area contributed by atoms with Gasteiger partial charge >= 0.3 is 0 Å². The zero-order valence-corrected chi connectivity index (χ0v) is 10.2. The third-order valence-electron chi connectivity index (χ3n) is 2.19. The van der Waals surface area contributed by atoms with E-state index in [2.05, 4.69) is 26.2 Å². The molecule has 0 saturated heterocycles. The molecule has 2 atom stereocenters. The highest BCUT2D eigenvalue weighted by Crippen LogP contribution is 2.18. The molecule has 0 aliphatic rings. The predicted molar refractivity (Wildman–Crippen MR) is 52.0 cm³/mol. The van der Waals surface area contributed by atoms with Gasteiger partial charge in [-0.25, -0.2) is 0 Å². The molecule has 3 heteroatoms. The number of hydrogen-bond acceptors (Lipinski definition) is 1. The van der Waals surface area contributed by atoms with Gasteiger partial charge in [0.25, 0.3) is 0 Å². The minimum Gasteiger partial charge on any atom is -1.00 e. The molecule has 0 spiro atoms. The number of quaternary nitrogens is 1. The van der Waals surface area contributed by atoms with E-state index in [1.807, 2.05) is 13.8 Å². The van der Waals surface area contributed by atoms with E-state index in [1.165, 1.54) is 6.42 Å². The molecular formula is C10H24ClNO. The van der Waals surface area contributed by atoms with E-state index in [0.717, 1.165) is 6.42 Å². The highest BCUT2D eigenvalue weighted by Gasteiger charge is 2.19. The maximum atomic E-state index is 9.56. The number of nitrogens with two attached hydrogens (primary N) is 1. The molecule has 2 nitrogen and oxygen atoms in total. The van der Waals surface area contributed by atoms with Crippen LogP contribution in [0.4, 0.5) is 0 Å². The Labute approximate surface area is 88.5 Å². The summed E-state index contributed by atoms with van der Waals surface area (Å²) >= 11 is 0. The van der Waals surface area contributed by atoms with Crippen molar-refractivity contribution in [2.24, 2.45) is 5.92 Å². The summed E-state index contributed by atoms with van der Waals surface area (Å²) in [5.41, 5.74) is -0.507. The molecule has 0 aromatic carbocycles. The van der Waals surface area contributed by atoms with Crippen LogP contribution in [-0.4, -0.2) is 23.8 Å². The summed E-state index contributed by atoms with van der Waals surface area (Å²) in [5.74, 6) is 0.608. The molecule has 0 rings (SSSR count). The zero-order chi connectivity index (χ0) is 9.78. The fourth-order valence-corrected chi connectivity index (χ4v) is 1.71. The van der Waals surface area contributed by atoms with Crippen LogP contribution in [0, 0.1) is 5.92 Å². The molecule has 13 heavy (non-hydrogen) atoms. The Hall–Kier alpha value is 0.210. The average molecular weight is 210 g/mol. The molecule has 0 fully saturated rings. The van der Waals surface area contributed by atoms with E-state index in [-0.39, 0.29) is 12.4 Å². The van der Waals surface area contributed by atoms with Crippen molar-refractivity contribution in [3.05, 3.63) is 0 Å². The van der Waals surface area contributed by atoms with Gasteiger partial charge in [0.15, 0.2) is 0 Å². The largest absolute Gasteiger partial charge is 1.00 e. The van der Waals surface area contributed by atoms with Crippen molar-refractivity contribution in [1.82, 2.24) is 0 Å². The van der Waals surface area contributed by atoms with Gasteiger partial charge in [-0.15, -0.1) is 0 Å². The first-order chi connectivity index (χ1) is 5.35. The second kappa shape index (κ2) is 6.63. The van der Waals surface area contributed by atoms with E-state index in [9.17, 15) is 5.11 Å². The highest BCUT2D eigenvalue weighted by atomic mass is 35.5. The maximum absolute atomic E-state index is 9.56. The topological polar surface area (TPSA) is 36.8 Å². The van der Waals surface area contributed by atoms with E-state index >= 15 is 0 Å². The lowest BCUT2D eigenvalue weighted by molar-refractivity contribution is -0.661. The summed E-state index contributed by atoms with van der Waals surface area (Å²) in [6, 6.07) is 0.669. The number of aliphatic hydroxyl groups is 1. The van der Waals surface area contributed by atoms with Gasteiger partial charge in [-0.3, -0.25) is 0 Å².